The molecule has 1 aromatic carbocycles. The Morgan fingerprint density at radius 2 is 2.25 bits per heavy atom. The number of anilines is 1. The summed E-state index contributed by atoms with van der Waals surface area (Å²) in [5.41, 5.74) is 6.81. The van der Waals surface area contributed by atoms with Crippen molar-refractivity contribution in [1.29, 1.82) is 0 Å². The Kier molecular flexibility index (Phi) is 4.32. The van der Waals surface area contributed by atoms with Gasteiger partial charge in [0.25, 0.3) is 0 Å². The van der Waals surface area contributed by atoms with Crippen LogP contribution in [0.25, 0.3) is 0 Å². The van der Waals surface area contributed by atoms with Crippen molar-refractivity contribution in [3.05, 3.63) is 28.2 Å². The number of benzene rings is 1. The molecule has 4 nitrogen and oxygen atoms in total. The molecule has 1 rings (SSSR count). The van der Waals surface area contributed by atoms with E-state index in [2.05, 4.69) is 15.9 Å². The molecule has 0 saturated heterocycles. The summed E-state index contributed by atoms with van der Waals surface area (Å²) in [4.78, 5) is 12.5. The molecule has 0 radical (unpaired) electrons. The lowest BCUT2D eigenvalue weighted by molar-refractivity contribution is -0.116. The zero-order valence-electron chi connectivity index (χ0n) is 9.27. The summed E-state index contributed by atoms with van der Waals surface area (Å²) in [5.74, 6) is -0.381. The van der Waals surface area contributed by atoms with Crippen LogP contribution in [0, 0.1) is 0 Å². The van der Waals surface area contributed by atoms with E-state index < -0.39 is 6.10 Å². The zero-order valence-corrected chi connectivity index (χ0v) is 10.9. The van der Waals surface area contributed by atoms with Gasteiger partial charge in [-0.3, -0.25) is 4.79 Å². The normalized spacial score (nSPS) is 12.2. The predicted octanol–water partition coefficient (Wildman–Crippen LogP) is 1.42. The fourth-order valence-electron chi connectivity index (χ4n) is 1.41. The lowest BCUT2D eigenvalue weighted by atomic mass is 10.1. The minimum atomic E-state index is -0.508. The Morgan fingerprint density at radius 1 is 1.62 bits per heavy atom. The number of halogens is 1. The standard InChI is InChI=1S/C11H15BrN2O2/c1-7(15)8-3-4-10(9(12)5-8)14(2)6-11(13)16/h3-5,7,15H,6H2,1-2H3,(H2,13,16)/t7-/m0/s1. The third-order valence-electron chi connectivity index (χ3n) is 2.26. The summed E-state index contributed by atoms with van der Waals surface area (Å²) >= 11 is 3.40. The van der Waals surface area contributed by atoms with E-state index in [1.54, 1.807) is 18.9 Å². The van der Waals surface area contributed by atoms with Crippen LogP contribution >= 0.6 is 15.9 Å². The molecule has 0 saturated carbocycles. The molecule has 88 valence electrons. The summed E-state index contributed by atoms with van der Waals surface area (Å²) in [6.07, 6.45) is -0.508. The van der Waals surface area contributed by atoms with Crippen molar-refractivity contribution < 1.29 is 9.90 Å². The van der Waals surface area contributed by atoms with Crippen molar-refractivity contribution in [2.75, 3.05) is 18.5 Å². The Labute approximate surface area is 103 Å². The maximum atomic E-state index is 10.8. The number of hydrogen-bond donors (Lipinski definition) is 2. The molecule has 0 aliphatic rings. The number of nitrogens with zero attached hydrogens (tertiary/aromatic N) is 1. The van der Waals surface area contributed by atoms with Gasteiger partial charge < -0.3 is 15.7 Å². The number of amides is 1. The van der Waals surface area contributed by atoms with E-state index in [9.17, 15) is 9.90 Å². The summed E-state index contributed by atoms with van der Waals surface area (Å²) in [7, 11) is 1.78. The highest BCUT2D eigenvalue weighted by molar-refractivity contribution is 9.10. The van der Waals surface area contributed by atoms with Gasteiger partial charge in [0.05, 0.1) is 18.3 Å². The van der Waals surface area contributed by atoms with Crippen LogP contribution in [0.1, 0.15) is 18.6 Å². The fraction of sp³-hybridized carbons (Fsp3) is 0.364. The third-order valence-corrected chi connectivity index (χ3v) is 2.89. The minimum absolute atomic E-state index is 0.159. The van der Waals surface area contributed by atoms with Gasteiger partial charge in [0, 0.05) is 11.5 Å². The van der Waals surface area contributed by atoms with Gasteiger partial charge in [0.1, 0.15) is 0 Å². The first-order valence-electron chi connectivity index (χ1n) is 4.88. The molecular weight excluding hydrogens is 272 g/mol. The van der Waals surface area contributed by atoms with Crippen molar-refractivity contribution in [3.63, 3.8) is 0 Å². The highest BCUT2D eigenvalue weighted by Crippen LogP contribution is 2.28. The van der Waals surface area contributed by atoms with Crippen LogP contribution in [0.15, 0.2) is 22.7 Å². The van der Waals surface area contributed by atoms with Gasteiger partial charge in [-0.2, -0.15) is 0 Å². The molecule has 1 aromatic rings. The average Bonchev–Trinajstić information content (AvgIpc) is 2.15. The van der Waals surface area contributed by atoms with E-state index in [4.69, 9.17) is 5.73 Å². The monoisotopic (exact) mass is 286 g/mol. The smallest absolute Gasteiger partial charge is 0.236 e. The second kappa shape index (κ2) is 5.32. The van der Waals surface area contributed by atoms with E-state index >= 15 is 0 Å². The van der Waals surface area contributed by atoms with Crippen molar-refractivity contribution in [1.82, 2.24) is 0 Å². The van der Waals surface area contributed by atoms with E-state index in [1.165, 1.54) is 0 Å². The van der Waals surface area contributed by atoms with E-state index in [0.29, 0.717) is 0 Å². The van der Waals surface area contributed by atoms with Crippen molar-refractivity contribution in [3.8, 4) is 0 Å². The van der Waals surface area contributed by atoms with Crippen LogP contribution in [0.5, 0.6) is 0 Å². The lowest BCUT2D eigenvalue weighted by Gasteiger charge is -2.19. The number of primary amides is 1. The second-order valence-corrected chi connectivity index (χ2v) is 4.56. The number of aliphatic hydroxyl groups is 1. The van der Waals surface area contributed by atoms with Gasteiger partial charge >= 0.3 is 0 Å². The molecule has 5 heteroatoms. The molecule has 0 aliphatic carbocycles. The largest absolute Gasteiger partial charge is 0.389 e. The van der Waals surface area contributed by atoms with Crippen LogP contribution < -0.4 is 10.6 Å². The van der Waals surface area contributed by atoms with E-state index in [0.717, 1.165) is 15.7 Å². The highest BCUT2D eigenvalue weighted by Gasteiger charge is 2.10. The summed E-state index contributed by atoms with van der Waals surface area (Å²) in [5, 5.41) is 9.41. The molecular formula is C11H15BrN2O2. The zero-order chi connectivity index (χ0) is 12.3. The molecule has 0 bridgehead atoms. The van der Waals surface area contributed by atoms with Crippen LogP contribution in [0.4, 0.5) is 5.69 Å². The Morgan fingerprint density at radius 3 is 2.69 bits per heavy atom. The second-order valence-electron chi connectivity index (χ2n) is 3.71. The number of hydrogen-bond acceptors (Lipinski definition) is 3. The first kappa shape index (κ1) is 13.0. The molecule has 1 amide bonds. The number of aliphatic hydroxyl groups excluding tert-OH is 1. The summed E-state index contributed by atoms with van der Waals surface area (Å²) < 4.78 is 0.828. The van der Waals surface area contributed by atoms with Gasteiger partial charge in [-0.05, 0) is 40.5 Å². The first-order valence-corrected chi connectivity index (χ1v) is 5.68. The molecule has 0 spiro atoms. The van der Waals surface area contributed by atoms with E-state index in [1.807, 2.05) is 18.2 Å². The Hall–Kier alpha value is -1.07. The Balaban J connectivity index is 2.94. The molecule has 3 N–H and O–H groups in total. The predicted molar refractivity (Wildman–Crippen MR) is 67.2 cm³/mol. The highest BCUT2D eigenvalue weighted by atomic mass is 79.9. The fourth-order valence-corrected chi connectivity index (χ4v) is 2.11. The molecule has 0 fully saturated rings. The Bertz CT molecular complexity index is 394. The first-order chi connectivity index (χ1) is 7.41. The quantitative estimate of drug-likeness (QED) is 0.880. The van der Waals surface area contributed by atoms with Crippen LogP contribution in [-0.2, 0) is 4.79 Å². The van der Waals surface area contributed by atoms with Gasteiger partial charge in [0.15, 0.2) is 0 Å². The average molecular weight is 287 g/mol. The number of carbonyl (C=O) groups excluding carboxylic acids is 1. The summed E-state index contributed by atoms with van der Waals surface area (Å²) in [6.45, 7) is 1.86. The molecule has 16 heavy (non-hydrogen) atoms. The van der Waals surface area contributed by atoms with Crippen molar-refractivity contribution in [2.24, 2.45) is 5.73 Å². The topological polar surface area (TPSA) is 66.6 Å². The molecule has 0 aromatic heterocycles. The van der Waals surface area contributed by atoms with Gasteiger partial charge in [0.2, 0.25) is 5.91 Å². The lowest BCUT2D eigenvalue weighted by Crippen LogP contribution is -2.30. The number of likely N-dealkylation sites (N-methyl/N-ethyl adjacent to an activating group) is 1. The SMILES string of the molecule is C[C@H](O)c1ccc(N(C)CC(N)=O)c(Br)c1. The maximum Gasteiger partial charge on any atom is 0.236 e. The van der Waals surface area contributed by atoms with Crippen LogP contribution in [0.2, 0.25) is 0 Å². The number of nitrogens with two attached hydrogens (primary N) is 1. The summed E-state index contributed by atoms with van der Waals surface area (Å²) in [6, 6.07) is 5.49. The van der Waals surface area contributed by atoms with Crippen LogP contribution in [0.3, 0.4) is 0 Å². The molecule has 1 atom stereocenters. The van der Waals surface area contributed by atoms with Crippen LogP contribution in [-0.4, -0.2) is 24.6 Å². The van der Waals surface area contributed by atoms with E-state index in [-0.39, 0.29) is 12.5 Å². The number of carbonyl (C=O) groups is 1. The van der Waals surface area contributed by atoms with Crippen molar-refractivity contribution >= 4 is 27.5 Å². The minimum Gasteiger partial charge on any atom is -0.389 e. The van der Waals surface area contributed by atoms with Crippen molar-refractivity contribution in [2.45, 2.75) is 13.0 Å². The molecule has 0 aliphatic heterocycles. The number of rotatable bonds is 4. The maximum absolute atomic E-state index is 10.8. The third kappa shape index (κ3) is 3.21. The van der Waals surface area contributed by atoms with Gasteiger partial charge in [-0.25, -0.2) is 0 Å². The molecule has 0 heterocycles. The van der Waals surface area contributed by atoms with Gasteiger partial charge in [-0.15, -0.1) is 0 Å². The molecule has 0 unspecified atom stereocenters. The van der Waals surface area contributed by atoms with Gasteiger partial charge in [-0.1, -0.05) is 6.07 Å².